The van der Waals surface area contributed by atoms with Crippen LogP contribution >= 0.6 is 11.6 Å². The van der Waals surface area contributed by atoms with E-state index in [1.165, 1.54) is 0 Å². The second-order valence-electron chi connectivity index (χ2n) is 4.51. The van der Waals surface area contributed by atoms with E-state index >= 15 is 0 Å². The molecule has 0 amide bonds. The minimum Gasteiger partial charge on any atom is -0.394 e. The van der Waals surface area contributed by atoms with E-state index in [-0.39, 0.29) is 11.9 Å². The van der Waals surface area contributed by atoms with Crippen LogP contribution in [-0.4, -0.2) is 37.0 Å². The molecule has 0 saturated heterocycles. The van der Waals surface area contributed by atoms with Crippen molar-refractivity contribution >= 4 is 28.5 Å². The van der Waals surface area contributed by atoms with Crippen molar-refractivity contribution in [3.8, 4) is 0 Å². The third kappa shape index (κ3) is 2.32. The highest BCUT2D eigenvalue weighted by atomic mass is 35.5. The standard InChI is InChI=1S/C10H14ClN5O/c1-10(2,5-17)15-7-6-4-12-16(3)8(6)14-9(11)13-7/h4,17H,5H2,1-3H3,(H,13,14,15). The van der Waals surface area contributed by atoms with Gasteiger partial charge >= 0.3 is 0 Å². The molecule has 0 unspecified atom stereocenters. The first-order valence-electron chi connectivity index (χ1n) is 5.17. The Labute approximate surface area is 104 Å². The monoisotopic (exact) mass is 255 g/mol. The van der Waals surface area contributed by atoms with E-state index in [4.69, 9.17) is 11.6 Å². The van der Waals surface area contributed by atoms with Gasteiger partial charge in [-0.05, 0) is 25.4 Å². The van der Waals surface area contributed by atoms with Gasteiger partial charge in [0, 0.05) is 7.05 Å². The van der Waals surface area contributed by atoms with E-state index in [9.17, 15) is 5.11 Å². The molecule has 17 heavy (non-hydrogen) atoms. The van der Waals surface area contributed by atoms with Crippen molar-refractivity contribution in [1.29, 1.82) is 0 Å². The zero-order valence-corrected chi connectivity index (χ0v) is 10.7. The Morgan fingerprint density at radius 3 is 2.82 bits per heavy atom. The van der Waals surface area contributed by atoms with Gasteiger partial charge in [-0.3, -0.25) is 4.68 Å². The molecule has 7 heteroatoms. The van der Waals surface area contributed by atoms with Gasteiger partial charge in [-0.2, -0.15) is 15.1 Å². The number of aryl methyl sites for hydroxylation is 1. The lowest BCUT2D eigenvalue weighted by atomic mass is 10.1. The Kier molecular flexibility index (Phi) is 2.92. The van der Waals surface area contributed by atoms with Crippen molar-refractivity contribution in [2.75, 3.05) is 11.9 Å². The summed E-state index contributed by atoms with van der Waals surface area (Å²) in [5.74, 6) is 0.576. The zero-order chi connectivity index (χ0) is 12.6. The predicted molar refractivity (Wildman–Crippen MR) is 66.1 cm³/mol. The van der Waals surface area contributed by atoms with Crippen LogP contribution in [0.3, 0.4) is 0 Å². The SMILES string of the molecule is Cn1ncc2c(NC(C)(C)CO)nc(Cl)nc21. The molecule has 92 valence electrons. The van der Waals surface area contributed by atoms with Crippen LogP contribution in [0.4, 0.5) is 5.82 Å². The predicted octanol–water partition coefficient (Wildman–Crippen LogP) is 1.20. The lowest BCUT2D eigenvalue weighted by molar-refractivity contribution is 0.234. The number of hydrogen-bond acceptors (Lipinski definition) is 5. The normalized spacial score (nSPS) is 12.1. The van der Waals surface area contributed by atoms with Gasteiger partial charge in [-0.15, -0.1) is 0 Å². The number of hydrogen-bond donors (Lipinski definition) is 2. The van der Waals surface area contributed by atoms with Crippen LogP contribution in [-0.2, 0) is 7.05 Å². The molecule has 6 nitrogen and oxygen atoms in total. The molecule has 2 heterocycles. The first kappa shape index (κ1) is 12.1. The number of aliphatic hydroxyl groups is 1. The fourth-order valence-electron chi connectivity index (χ4n) is 1.45. The van der Waals surface area contributed by atoms with Crippen LogP contribution in [0.5, 0.6) is 0 Å². The third-order valence-corrected chi connectivity index (χ3v) is 2.59. The molecule has 0 aromatic carbocycles. The maximum absolute atomic E-state index is 9.24. The maximum Gasteiger partial charge on any atom is 0.226 e. The van der Waals surface area contributed by atoms with Crippen molar-refractivity contribution in [2.45, 2.75) is 19.4 Å². The maximum atomic E-state index is 9.24. The van der Waals surface area contributed by atoms with Crippen molar-refractivity contribution in [2.24, 2.45) is 7.05 Å². The van der Waals surface area contributed by atoms with Crippen molar-refractivity contribution in [1.82, 2.24) is 19.7 Å². The molecule has 0 spiro atoms. The molecule has 2 rings (SSSR count). The van der Waals surface area contributed by atoms with Crippen LogP contribution < -0.4 is 5.32 Å². The van der Waals surface area contributed by atoms with Crippen molar-refractivity contribution < 1.29 is 5.11 Å². The number of nitrogens with zero attached hydrogens (tertiary/aromatic N) is 4. The van der Waals surface area contributed by atoms with Crippen LogP contribution in [0, 0.1) is 0 Å². The topological polar surface area (TPSA) is 75.9 Å². The molecule has 0 aliphatic heterocycles. The van der Waals surface area contributed by atoms with Gasteiger partial charge in [-0.1, -0.05) is 0 Å². The lowest BCUT2D eigenvalue weighted by Gasteiger charge is -2.24. The average Bonchev–Trinajstić information content (AvgIpc) is 2.60. The van der Waals surface area contributed by atoms with E-state index in [1.54, 1.807) is 17.9 Å². The summed E-state index contributed by atoms with van der Waals surface area (Å²) in [7, 11) is 1.78. The van der Waals surface area contributed by atoms with E-state index in [2.05, 4.69) is 20.4 Å². The van der Waals surface area contributed by atoms with Gasteiger partial charge in [-0.25, -0.2) is 0 Å². The fraction of sp³-hybridized carbons (Fsp3) is 0.500. The number of aromatic nitrogens is 4. The molecule has 2 N–H and O–H groups in total. The molecular weight excluding hydrogens is 242 g/mol. The Hall–Kier alpha value is -1.40. The van der Waals surface area contributed by atoms with Crippen LogP contribution in [0.15, 0.2) is 6.20 Å². The van der Waals surface area contributed by atoms with Crippen molar-refractivity contribution in [3.05, 3.63) is 11.5 Å². The van der Waals surface area contributed by atoms with E-state index in [0.29, 0.717) is 11.5 Å². The van der Waals surface area contributed by atoms with Gasteiger partial charge in [0.05, 0.1) is 23.7 Å². The van der Waals surface area contributed by atoms with Crippen LogP contribution in [0.2, 0.25) is 5.28 Å². The first-order chi connectivity index (χ1) is 7.93. The Balaban J connectivity index is 2.53. The summed E-state index contributed by atoms with van der Waals surface area (Å²) in [4.78, 5) is 8.23. The smallest absolute Gasteiger partial charge is 0.226 e. The summed E-state index contributed by atoms with van der Waals surface area (Å²) in [5, 5.41) is 17.4. The molecule has 0 aliphatic rings. The molecule has 2 aromatic heterocycles. The number of anilines is 1. The Morgan fingerprint density at radius 1 is 1.47 bits per heavy atom. The summed E-state index contributed by atoms with van der Waals surface area (Å²) >= 11 is 5.86. The minimum absolute atomic E-state index is 0.0175. The van der Waals surface area contributed by atoms with Gasteiger partial charge < -0.3 is 10.4 Å². The Bertz CT molecular complexity index is 551. The molecule has 0 bridgehead atoms. The molecule has 0 fully saturated rings. The van der Waals surface area contributed by atoms with E-state index in [1.807, 2.05) is 13.8 Å². The molecule has 0 atom stereocenters. The first-order valence-corrected chi connectivity index (χ1v) is 5.55. The minimum atomic E-state index is -0.486. The molecule has 0 saturated carbocycles. The number of aliphatic hydroxyl groups excluding tert-OH is 1. The summed E-state index contributed by atoms with van der Waals surface area (Å²) in [6, 6.07) is 0. The number of fused-ring (bicyclic) bond motifs is 1. The van der Waals surface area contributed by atoms with Crippen LogP contribution in [0.1, 0.15) is 13.8 Å². The molecule has 0 aliphatic carbocycles. The highest BCUT2D eigenvalue weighted by Crippen LogP contribution is 2.23. The van der Waals surface area contributed by atoms with Gasteiger partial charge in [0.1, 0.15) is 5.82 Å². The van der Waals surface area contributed by atoms with Gasteiger partial charge in [0.15, 0.2) is 5.65 Å². The number of rotatable bonds is 3. The number of nitrogens with one attached hydrogen (secondary N) is 1. The fourth-order valence-corrected chi connectivity index (χ4v) is 1.62. The average molecular weight is 256 g/mol. The highest BCUT2D eigenvalue weighted by molar-refractivity contribution is 6.28. The van der Waals surface area contributed by atoms with E-state index in [0.717, 1.165) is 5.39 Å². The molecule has 0 radical (unpaired) electrons. The summed E-state index contributed by atoms with van der Waals surface area (Å²) in [5.41, 5.74) is 0.168. The van der Waals surface area contributed by atoms with Crippen LogP contribution in [0.25, 0.3) is 11.0 Å². The molecular formula is C10H14ClN5O. The summed E-state index contributed by atoms with van der Waals surface area (Å²) < 4.78 is 1.63. The second-order valence-corrected chi connectivity index (χ2v) is 4.85. The Morgan fingerprint density at radius 2 is 2.18 bits per heavy atom. The largest absolute Gasteiger partial charge is 0.394 e. The second kappa shape index (κ2) is 4.12. The van der Waals surface area contributed by atoms with Gasteiger partial charge in [0.25, 0.3) is 0 Å². The molecule has 2 aromatic rings. The van der Waals surface area contributed by atoms with Gasteiger partial charge in [0.2, 0.25) is 5.28 Å². The number of halogens is 1. The quantitative estimate of drug-likeness (QED) is 0.806. The van der Waals surface area contributed by atoms with Crippen molar-refractivity contribution in [3.63, 3.8) is 0 Å². The zero-order valence-electron chi connectivity index (χ0n) is 9.90. The third-order valence-electron chi connectivity index (χ3n) is 2.42. The van der Waals surface area contributed by atoms with E-state index < -0.39 is 5.54 Å². The summed E-state index contributed by atoms with van der Waals surface area (Å²) in [6.45, 7) is 3.72. The highest BCUT2D eigenvalue weighted by Gasteiger charge is 2.19. The summed E-state index contributed by atoms with van der Waals surface area (Å²) in [6.07, 6.45) is 1.67. The lowest BCUT2D eigenvalue weighted by Crippen LogP contribution is -2.35.